The Morgan fingerprint density at radius 2 is 1.81 bits per heavy atom. The highest BCUT2D eigenvalue weighted by Crippen LogP contribution is 2.35. The molecule has 0 aromatic heterocycles. The van der Waals surface area contributed by atoms with Gasteiger partial charge in [0.05, 0.1) is 10.6 Å². The van der Waals surface area contributed by atoms with Crippen molar-refractivity contribution in [1.82, 2.24) is 4.31 Å². The molecule has 0 spiro atoms. The maximum absolute atomic E-state index is 13.4. The highest BCUT2D eigenvalue weighted by Gasteiger charge is 2.31. The average Bonchev–Trinajstić information content (AvgIpc) is 3.06. The standard InChI is InChI=1S/C22H24FN3O5S/c23-16-6-5-7-17(12-16)24-21(27)14-26-19-13-18(8-9-20(19)31-15-22(26)28)32(29,30)25-10-3-1-2-4-11-25/h5-9,12-13H,1-4,10-11,14-15H2,(H,24,27). The first kappa shape index (κ1) is 22.2. The summed E-state index contributed by atoms with van der Waals surface area (Å²) in [6.07, 6.45) is 3.59. The minimum atomic E-state index is -3.74. The number of halogens is 1. The summed E-state index contributed by atoms with van der Waals surface area (Å²) in [5.41, 5.74) is 0.472. The van der Waals surface area contributed by atoms with Crippen molar-refractivity contribution in [3.63, 3.8) is 0 Å². The van der Waals surface area contributed by atoms with E-state index < -0.39 is 27.7 Å². The molecule has 0 unspecified atom stereocenters. The molecule has 1 fully saturated rings. The number of rotatable bonds is 5. The van der Waals surface area contributed by atoms with Crippen molar-refractivity contribution in [2.75, 3.05) is 36.5 Å². The number of anilines is 2. The van der Waals surface area contributed by atoms with Crippen LogP contribution < -0.4 is 15.0 Å². The Balaban J connectivity index is 1.58. The highest BCUT2D eigenvalue weighted by atomic mass is 32.2. The first-order valence-corrected chi connectivity index (χ1v) is 11.9. The summed E-state index contributed by atoms with van der Waals surface area (Å²) < 4.78 is 46.6. The SMILES string of the molecule is O=C(CN1C(=O)COc2ccc(S(=O)(=O)N3CCCCCC3)cc21)Nc1cccc(F)c1. The van der Waals surface area contributed by atoms with Crippen LogP contribution in [0.25, 0.3) is 0 Å². The largest absolute Gasteiger partial charge is 0.482 e. The van der Waals surface area contributed by atoms with Gasteiger partial charge in [-0.1, -0.05) is 18.9 Å². The third-order valence-corrected chi connectivity index (χ3v) is 7.38. The van der Waals surface area contributed by atoms with Crippen molar-refractivity contribution in [2.24, 2.45) is 0 Å². The number of nitrogens with zero attached hydrogens (tertiary/aromatic N) is 2. The fraction of sp³-hybridized carbons (Fsp3) is 0.364. The van der Waals surface area contributed by atoms with Gasteiger partial charge in [0.25, 0.3) is 5.91 Å². The Bertz CT molecular complexity index is 1130. The molecular formula is C22H24FN3O5S. The van der Waals surface area contributed by atoms with E-state index in [1.165, 1.54) is 51.7 Å². The average molecular weight is 462 g/mol. The number of sulfonamides is 1. The molecule has 2 aliphatic rings. The number of amides is 2. The summed E-state index contributed by atoms with van der Waals surface area (Å²) in [6, 6.07) is 9.75. The molecule has 170 valence electrons. The Hall–Kier alpha value is -2.98. The maximum atomic E-state index is 13.4. The monoisotopic (exact) mass is 461 g/mol. The van der Waals surface area contributed by atoms with E-state index in [2.05, 4.69) is 5.32 Å². The predicted octanol–water partition coefficient (Wildman–Crippen LogP) is 2.75. The first-order valence-electron chi connectivity index (χ1n) is 10.5. The number of fused-ring (bicyclic) bond motifs is 1. The van der Waals surface area contributed by atoms with Gasteiger partial charge in [0.2, 0.25) is 15.9 Å². The van der Waals surface area contributed by atoms with Crippen molar-refractivity contribution in [3.05, 3.63) is 48.3 Å². The van der Waals surface area contributed by atoms with Gasteiger partial charge in [0, 0.05) is 18.8 Å². The molecule has 0 saturated carbocycles. The lowest BCUT2D eigenvalue weighted by atomic mass is 10.2. The van der Waals surface area contributed by atoms with Crippen LogP contribution in [0.2, 0.25) is 0 Å². The normalized spacial score (nSPS) is 17.3. The van der Waals surface area contributed by atoms with E-state index in [4.69, 9.17) is 4.74 Å². The van der Waals surface area contributed by atoms with E-state index in [9.17, 15) is 22.4 Å². The van der Waals surface area contributed by atoms with Crippen molar-refractivity contribution in [3.8, 4) is 5.75 Å². The molecule has 10 heteroatoms. The first-order chi connectivity index (χ1) is 15.3. The highest BCUT2D eigenvalue weighted by molar-refractivity contribution is 7.89. The summed E-state index contributed by atoms with van der Waals surface area (Å²) >= 11 is 0. The molecule has 0 radical (unpaired) electrons. The van der Waals surface area contributed by atoms with E-state index >= 15 is 0 Å². The van der Waals surface area contributed by atoms with Gasteiger partial charge in [0.15, 0.2) is 6.61 Å². The fourth-order valence-electron chi connectivity index (χ4n) is 3.86. The maximum Gasteiger partial charge on any atom is 0.265 e. The lowest BCUT2D eigenvalue weighted by molar-refractivity contribution is -0.123. The Morgan fingerprint density at radius 3 is 2.53 bits per heavy atom. The number of carbonyl (C=O) groups excluding carboxylic acids is 2. The van der Waals surface area contributed by atoms with Crippen LogP contribution >= 0.6 is 0 Å². The van der Waals surface area contributed by atoms with Gasteiger partial charge >= 0.3 is 0 Å². The summed E-state index contributed by atoms with van der Waals surface area (Å²) in [5, 5.41) is 2.54. The number of benzene rings is 2. The van der Waals surface area contributed by atoms with Gasteiger partial charge in [-0.2, -0.15) is 4.31 Å². The molecule has 0 aliphatic carbocycles. The number of carbonyl (C=O) groups is 2. The Kier molecular flexibility index (Phi) is 6.43. The van der Waals surface area contributed by atoms with Gasteiger partial charge in [-0.05, 0) is 49.2 Å². The molecule has 4 rings (SSSR count). The second-order valence-electron chi connectivity index (χ2n) is 7.77. The molecular weight excluding hydrogens is 437 g/mol. The third-order valence-electron chi connectivity index (χ3n) is 5.49. The molecule has 0 bridgehead atoms. The summed E-state index contributed by atoms with van der Waals surface area (Å²) in [4.78, 5) is 26.3. The van der Waals surface area contributed by atoms with E-state index in [0.717, 1.165) is 25.7 Å². The van der Waals surface area contributed by atoms with Crippen LogP contribution in [0.5, 0.6) is 5.75 Å². The predicted molar refractivity (Wildman–Crippen MR) is 117 cm³/mol. The third kappa shape index (κ3) is 4.76. The van der Waals surface area contributed by atoms with E-state index in [0.29, 0.717) is 18.8 Å². The van der Waals surface area contributed by atoms with Crippen molar-refractivity contribution in [1.29, 1.82) is 0 Å². The zero-order valence-electron chi connectivity index (χ0n) is 17.4. The second kappa shape index (κ2) is 9.25. The Labute approximate surface area is 186 Å². The molecule has 32 heavy (non-hydrogen) atoms. The van der Waals surface area contributed by atoms with Crippen LogP contribution in [0.1, 0.15) is 25.7 Å². The number of hydrogen-bond acceptors (Lipinski definition) is 5. The Morgan fingerprint density at radius 1 is 1.06 bits per heavy atom. The summed E-state index contributed by atoms with van der Waals surface area (Å²) in [5.74, 6) is -1.20. The molecule has 1 saturated heterocycles. The zero-order valence-corrected chi connectivity index (χ0v) is 18.2. The van der Waals surface area contributed by atoms with Crippen LogP contribution in [0.3, 0.4) is 0 Å². The fourth-order valence-corrected chi connectivity index (χ4v) is 5.39. The quantitative estimate of drug-likeness (QED) is 0.739. The van der Waals surface area contributed by atoms with Gasteiger partial charge < -0.3 is 10.1 Å². The summed E-state index contributed by atoms with van der Waals surface area (Å²) in [7, 11) is -3.74. The molecule has 2 amide bonds. The minimum Gasteiger partial charge on any atom is -0.482 e. The number of hydrogen-bond donors (Lipinski definition) is 1. The molecule has 8 nitrogen and oxygen atoms in total. The van der Waals surface area contributed by atoms with Crippen molar-refractivity contribution >= 4 is 33.2 Å². The van der Waals surface area contributed by atoms with Gasteiger partial charge in [0.1, 0.15) is 18.1 Å². The van der Waals surface area contributed by atoms with Crippen LogP contribution in [0, 0.1) is 5.82 Å². The second-order valence-corrected chi connectivity index (χ2v) is 9.71. The number of nitrogens with one attached hydrogen (secondary N) is 1. The summed E-state index contributed by atoms with van der Waals surface area (Å²) in [6.45, 7) is 0.278. The lowest BCUT2D eigenvalue weighted by Gasteiger charge is -2.30. The number of ether oxygens (including phenoxy) is 1. The van der Waals surface area contributed by atoms with Gasteiger partial charge in [-0.25, -0.2) is 12.8 Å². The molecule has 1 N–H and O–H groups in total. The van der Waals surface area contributed by atoms with Crippen LogP contribution in [-0.4, -0.2) is 50.8 Å². The molecule has 0 atom stereocenters. The molecule has 2 aromatic rings. The lowest BCUT2D eigenvalue weighted by Crippen LogP contribution is -2.43. The topological polar surface area (TPSA) is 96.0 Å². The van der Waals surface area contributed by atoms with Crippen LogP contribution in [0.4, 0.5) is 15.8 Å². The van der Waals surface area contributed by atoms with E-state index in [1.54, 1.807) is 0 Å². The van der Waals surface area contributed by atoms with Gasteiger partial charge in [-0.15, -0.1) is 0 Å². The van der Waals surface area contributed by atoms with E-state index in [1.807, 2.05) is 0 Å². The minimum absolute atomic E-state index is 0.0481. The van der Waals surface area contributed by atoms with Crippen molar-refractivity contribution < 1.29 is 27.1 Å². The smallest absolute Gasteiger partial charge is 0.265 e. The van der Waals surface area contributed by atoms with E-state index in [-0.39, 0.29) is 29.4 Å². The molecule has 2 aliphatic heterocycles. The van der Waals surface area contributed by atoms with Crippen molar-refractivity contribution in [2.45, 2.75) is 30.6 Å². The van der Waals surface area contributed by atoms with Gasteiger partial charge in [-0.3, -0.25) is 14.5 Å². The zero-order chi connectivity index (χ0) is 22.7. The van der Waals surface area contributed by atoms with Crippen LogP contribution in [0.15, 0.2) is 47.4 Å². The van der Waals surface area contributed by atoms with Crippen LogP contribution in [-0.2, 0) is 19.6 Å². The molecule has 2 aromatic carbocycles. The molecule has 2 heterocycles.